The molecule has 1 aromatic heterocycles. The minimum Gasteiger partial charge on any atom is -0.488 e. The Bertz CT molecular complexity index is 1100. The third kappa shape index (κ3) is 3.27. The molecule has 0 radical (unpaired) electrons. The van der Waals surface area contributed by atoms with Crippen LogP contribution in [0.3, 0.4) is 0 Å². The maximum absolute atomic E-state index is 13.3. The van der Waals surface area contributed by atoms with Crippen LogP contribution in [0.1, 0.15) is 33.3 Å². The summed E-state index contributed by atoms with van der Waals surface area (Å²) in [6, 6.07) is 17.1. The monoisotopic (exact) mass is 418 g/mol. The van der Waals surface area contributed by atoms with Crippen LogP contribution in [0.2, 0.25) is 0 Å². The lowest BCUT2D eigenvalue weighted by atomic mass is 10.0. The fourth-order valence-electron chi connectivity index (χ4n) is 4.48. The topological polar surface area (TPSA) is 32.8 Å². The van der Waals surface area contributed by atoms with Crippen LogP contribution in [-0.2, 0) is 6.61 Å². The van der Waals surface area contributed by atoms with Crippen molar-refractivity contribution in [3.63, 3.8) is 0 Å². The molecule has 0 bridgehead atoms. The Balaban J connectivity index is 1.36. The number of thiophene rings is 1. The molecule has 3 heterocycles. The van der Waals surface area contributed by atoms with Gasteiger partial charge in [0.25, 0.3) is 5.91 Å². The summed E-state index contributed by atoms with van der Waals surface area (Å²) in [6.45, 7) is 9.28. The van der Waals surface area contributed by atoms with Crippen LogP contribution in [0.5, 0.6) is 5.75 Å². The highest BCUT2D eigenvalue weighted by Crippen LogP contribution is 2.44. The van der Waals surface area contributed by atoms with Crippen molar-refractivity contribution in [2.24, 2.45) is 0 Å². The SMILES string of the molecule is Cc1ccc(N2CCN(C(=O)c3cc4c(s3)-c3c(C)cccc3OC4)C[C@@H]2C)cc1. The summed E-state index contributed by atoms with van der Waals surface area (Å²) in [5.74, 6) is 1.06. The van der Waals surface area contributed by atoms with Gasteiger partial charge in [-0.1, -0.05) is 29.8 Å². The van der Waals surface area contributed by atoms with Crippen molar-refractivity contribution in [1.82, 2.24) is 4.90 Å². The number of benzene rings is 2. The maximum atomic E-state index is 13.3. The first kappa shape index (κ1) is 19.2. The molecule has 0 saturated carbocycles. The summed E-state index contributed by atoms with van der Waals surface area (Å²) >= 11 is 1.61. The number of amides is 1. The van der Waals surface area contributed by atoms with E-state index < -0.39 is 0 Å². The molecule has 1 saturated heterocycles. The molecule has 0 unspecified atom stereocenters. The Kier molecular flexibility index (Phi) is 4.78. The standard InChI is InChI=1S/C25H26N2O2S/c1-16-7-9-20(10-8-16)27-12-11-26(14-18(27)3)25(28)22-13-19-15-29-21-6-4-5-17(2)23(21)24(19)30-22/h4-10,13,18H,11-12,14-15H2,1-3H3/t18-/m0/s1. The van der Waals surface area contributed by atoms with Crippen LogP contribution >= 0.6 is 11.3 Å². The first-order valence-corrected chi connectivity index (χ1v) is 11.3. The van der Waals surface area contributed by atoms with E-state index in [0.29, 0.717) is 6.61 Å². The Morgan fingerprint density at radius 2 is 1.90 bits per heavy atom. The van der Waals surface area contributed by atoms with Gasteiger partial charge in [-0.15, -0.1) is 11.3 Å². The number of hydrogen-bond acceptors (Lipinski definition) is 4. The molecule has 0 aliphatic carbocycles. The molecule has 4 nitrogen and oxygen atoms in total. The number of nitrogens with zero attached hydrogens (tertiary/aromatic N) is 2. The van der Waals surface area contributed by atoms with Crippen molar-refractivity contribution in [2.75, 3.05) is 24.5 Å². The van der Waals surface area contributed by atoms with Crippen LogP contribution < -0.4 is 9.64 Å². The van der Waals surface area contributed by atoms with Gasteiger partial charge < -0.3 is 14.5 Å². The molecule has 5 rings (SSSR count). The number of aryl methyl sites for hydroxylation is 2. The van der Waals surface area contributed by atoms with Gasteiger partial charge in [0.2, 0.25) is 0 Å². The fraction of sp³-hybridized carbons (Fsp3) is 0.320. The van der Waals surface area contributed by atoms with Crippen molar-refractivity contribution >= 4 is 22.9 Å². The number of ether oxygens (including phenoxy) is 1. The zero-order chi connectivity index (χ0) is 20.8. The zero-order valence-electron chi connectivity index (χ0n) is 17.6. The second-order valence-electron chi connectivity index (χ2n) is 8.33. The van der Waals surface area contributed by atoms with E-state index in [2.05, 4.69) is 56.0 Å². The van der Waals surface area contributed by atoms with E-state index in [0.717, 1.165) is 41.4 Å². The number of carbonyl (C=O) groups is 1. The zero-order valence-corrected chi connectivity index (χ0v) is 18.5. The number of rotatable bonds is 2. The van der Waals surface area contributed by atoms with Gasteiger partial charge in [0.05, 0.1) is 4.88 Å². The first-order valence-electron chi connectivity index (χ1n) is 10.5. The molecule has 2 aliphatic heterocycles. The van der Waals surface area contributed by atoms with Crippen molar-refractivity contribution in [1.29, 1.82) is 0 Å². The molecule has 0 N–H and O–H groups in total. The molecule has 1 fully saturated rings. The highest BCUT2D eigenvalue weighted by Gasteiger charge is 2.30. The quantitative estimate of drug-likeness (QED) is 0.568. The third-order valence-corrected chi connectivity index (χ3v) is 7.33. The Labute approximate surface area is 181 Å². The minimum absolute atomic E-state index is 0.139. The normalized spacial score (nSPS) is 17.9. The van der Waals surface area contributed by atoms with Gasteiger partial charge in [-0.3, -0.25) is 4.79 Å². The average Bonchev–Trinajstić information content (AvgIpc) is 3.18. The third-order valence-electron chi connectivity index (χ3n) is 6.14. The first-order chi connectivity index (χ1) is 14.5. The molecule has 5 heteroatoms. The summed E-state index contributed by atoms with van der Waals surface area (Å²) < 4.78 is 5.93. The largest absolute Gasteiger partial charge is 0.488 e. The van der Waals surface area contributed by atoms with Crippen LogP contribution in [0, 0.1) is 13.8 Å². The predicted molar refractivity (Wildman–Crippen MR) is 123 cm³/mol. The van der Waals surface area contributed by atoms with Gasteiger partial charge in [-0.2, -0.15) is 0 Å². The Morgan fingerprint density at radius 1 is 1.10 bits per heavy atom. The average molecular weight is 419 g/mol. The molecular formula is C25H26N2O2S. The van der Waals surface area contributed by atoms with E-state index in [1.165, 1.54) is 21.7 Å². The van der Waals surface area contributed by atoms with E-state index in [4.69, 9.17) is 4.74 Å². The lowest BCUT2D eigenvalue weighted by Gasteiger charge is -2.41. The molecule has 1 amide bonds. The van der Waals surface area contributed by atoms with Gasteiger partial charge in [-0.05, 0) is 50.6 Å². The summed E-state index contributed by atoms with van der Waals surface area (Å²) in [6.07, 6.45) is 0. The van der Waals surface area contributed by atoms with Gasteiger partial charge >= 0.3 is 0 Å². The lowest BCUT2D eigenvalue weighted by molar-refractivity contribution is 0.0731. The molecule has 30 heavy (non-hydrogen) atoms. The van der Waals surface area contributed by atoms with Crippen molar-refractivity contribution in [2.45, 2.75) is 33.4 Å². The highest BCUT2D eigenvalue weighted by atomic mass is 32.1. The van der Waals surface area contributed by atoms with Crippen molar-refractivity contribution in [3.05, 3.63) is 70.1 Å². The van der Waals surface area contributed by atoms with E-state index in [9.17, 15) is 4.79 Å². The number of carbonyl (C=O) groups excluding carboxylic acids is 1. The molecular weight excluding hydrogens is 392 g/mol. The summed E-state index contributed by atoms with van der Waals surface area (Å²) in [5.41, 5.74) is 5.95. The predicted octanol–water partition coefficient (Wildman–Crippen LogP) is 5.28. The summed E-state index contributed by atoms with van der Waals surface area (Å²) in [5, 5.41) is 0. The van der Waals surface area contributed by atoms with Gasteiger partial charge in [-0.25, -0.2) is 0 Å². The van der Waals surface area contributed by atoms with E-state index in [1.54, 1.807) is 11.3 Å². The van der Waals surface area contributed by atoms with Crippen LogP contribution in [-0.4, -0.2) is 36.5 Å². The van der Waals surface area contributed by atoms with Gasteiger partial charge in [0, 0.05) is 47.4 Å². The second-order valence-corrected chi connectivity index (χ2v) is 9.38. The van der Waals surface area contributed by atoms with Crippen LogP contribution in [0.25, 0.3) is 10.4 Å². The van der Waals surface area contributed by atoms with Gasteiger partial charge in [0.15, 0.2) is 0 Å². The number of piperazine rings is 1. The van der Waals surface area contributed by atoms with Crippen molar-refractivity contribution in [3.8, 4) is 16.2 Å². The molecule has 1 atom stereocenters. The fourth-order valence-corrected chi connectivity index (χ4v) is 5.73. The number of anilines is 1. The van der Waals surface area contributed by atoms with E-state index >= 15 is 0 Å². The van der Waals surface area contributed by atoms with Crippen molar-refractivity contribution < 1.29 is 9.53 Å². The van der Waals surface area contributed by atoms with Gasteiger partial charge in [0.1, 0.15) is 12.4 Å². The molecule has 154 valence electrons. The maximum Gasteiger partial charge on any atom is 0.264 e. The number of fused-ring (bicyclic) bond motifs is 3. The van der Waals surface area contributed by atoms with Crippen LogP contribution in [0.15, 0.2) is 48.5 Å². The minimum atomic E-state index is 0.139. The summed E-state index contributed by atoms with van der Waals surface area (Å²) in [4.78, 5) is 19.7. The molecule has 2 aliphatic rings. The highest BCUT2D eigenvalue weighted by molar-refractivity contribution is 7.17. The lowest BCUT2D eigenvalue weighted by Crippen LogP contribution is -2.53. The second kappa shape index (κ2) is 7.47. The van der Waals surface area contributed by atoms with E-state index in [-0.39, 0.29) is 11.9 Å². The molecule has 2 aromatic carbocycles. The van der Waals surface area contributed by atoms with Crippen LogP contribution in [0.4, 0.5) is 5.69 Å². The molecule has 0 spiro atoms. The van der Waals surface area contributed by atoms with E-state index in [1.807, 2.05) is 23.1 Å². The Hall–Kier alpha value is -2.79. The molecule has 3 aromatic rings. The smallest absolute Gasteiger partial charge is 0.264 e. The Morgan fingerprint density at radius 3 is 2.67 bits per heavy atom. The number of hydrogen-bond donors (Lipinski definition) is 0. The summed E-state index contributed by atoms with van der Waals surface area (Å²) in [7, 11) is 0.